The number of hydrogen-bond donors (Lipinski definition) is 2. The van der Waals surface area contributed by atoms with E-state index in [0.29, 0.717) is 12.1 Å². The molecular weight excluding hydrogens is 248 g/mol. The van der Waals surface area contributed by atoms with Gasteiger partial charge in [-0.3, -0.25) is 0 Å². The van der Waals surface area contributed by atoms with Crippen LogP contribution in [0.4, 0.5) is 8.78 Å². The summed E-state index contributed by atoms with van der Waals surface area (Å²) < 4.78 is 25.9. The number of hydrogen-bond acceptors (Lipinski definition) is 2. The Bertz CT molecular complexity index is 555. The largest absolute Gasteiger partial charge is 0.508 e. The molecule has 0 aromatic heterocycles. The molecular formula is C15H15F2NO. The Hall–Kier alpha value is -1.94. The highest BCUT2D eigenvalue weighted by Crippen LogP contribution is 2.19. The fraction of sp³-hybridized carbons (Fsp3) is 0.200. The molecule has 0 bridgehead atoms. The maximum Gasteiger partial charge on any atom is 0.123 e. The average Bonchev–Trinajstić information content (AvgIpc) is 2.40. The molecule has 0 radical (unpaired) electrons. The number of halogens is 2. The third kappa shape index (κ3) is 3.51. The van der Waals surface area contributed by atoms with E-state index in [2.05, 4.69) is 5.32 Å². The predicted molar refractivity (Wildman–Crippen MR) is 69.7 cm³/mol. The van der Waals surface area contributed by atoms with Gasteiger partial charge in [0.15, 0.2) is 0 Å². The number of phenols is 1. The molecule has 0 saturated carbocycles. The fourth-order valence-corrected chi connectivity index (χ4v) is 1.83. The first-order chi connectivity index (χ1) is 9.06. The number of benzene rings is 2. The van der Waals surface area contributed by atoms with Crippen molar-refractivity contribution < 1.29 is 13.9 Å². The highest BCUT2D eigenvalue weighted by atomic mass is 19.1. The van der Waals surface area contributed by atoms with Gasteiger partial charge in [-0.25, -0.2) is 8.78 Å². The molecule has 19 heavy (non-hydrogen) atoms. The minimum absolute atomic E-state index is 0.0248. The number of nitrogens with one attached hydrogen (secondary N) is 1. The highest BCUT2D eigenvalue weighted by Gasteiger charge is 2.07. The van der Waals surface area contributed by atoms with E-state index < -0.39 is 0 Å². The maximum atomic E-state index is 13.1. The summed E-state index contributed by atoms with van der Waals surface area (Å²) in [6.07, 6.45) is 0. The second-order valence-corrected chi connectivity index (χ2v) is 4.43. The summed E-state index contributed by atoms with van der Waals surface area (Å²) in [7, 11) is 0. The molecule has 1 atom stereocenters. The van der Waals surface area contributed by atoms with Gasteiger partial charge < -0.3 is 10.4 Å². The van der Waals surface area contributed by atoms with Gasteiger partial charge in [-0.05, 0) is 42.8 Å². The van der Waals surface area contributed by atoms with Crippen molar-refractivity contribution in [2.45, 2.75) is 19.5 Å². The zero-order valence-corrected chi connectivity index (χ0v) is 10.5. The van der Waals surface area contributed by atoms with Gasteiger partial charge in [0.2, 0.25) is 0 Å². The molecule has 2 aromatic rings. The second-order valence-electron chi connectivity index (χ2n) is 4.43. The van der Waals surface area contributed by atoms with Crippen LogP contribution in [0.5, 0.6) is 5.75 Å². The molecule has 0 aliphatic heterocycles. The van der Waals surface area contributed by atoms with Crippen molar-refractivity contribution in [2.75, 3.05) is 0 Å². The Morgan fingerprint density at radius 3 is 2.37 bits per heavy atom. The third-order valence-electron chi connectivity index (χ3n) is 3.01. The summed E-state index contributed by atoms with van der Waals surface area (Å²) in [6, 6.07) is 9.98. The van der Waals surface area contributed by atoms with Crippen molar-refractivity contribution >= 4 is 0 Å². The molecule has 0 aliphatic carbocycles. The fourth-order valence-electron chi connectivity index (χ4n) is 1.83. The van der Waals surface area contributed by atoms with Crippen LogP contribution < -0.4 is 5.32 Å². The van der Waals surface area contributed by atoms with Crippen molar-refractivity contribution in [3.8, 4) is 5.75 Å². The van der Waals surface area contributed by atoms with E-state index in [1.165, 1.54) is 30.3 Å². The number of phenolic OH excluding ortho intramolecular Hbond substituents is 1. The van der Waals surface area contributed by atoms with Crippen LogP contribution in [0.3, 0.4) is 0 Å². The quantitative estimate of drug-likeness (QED) is 0.884. The Morgan fingerprint density at radius 2 is 1.68 bits per heavy atom. The molecule has 4 heteroatoms. The molecule has 0 saturated heterocycles. The molecule has 2 aromatic carbocycles. The lowest BCUT2D eigenvalue weighted by molar-refractivity contribution is 0.457. The lowest BCUT2D eigenvalue weighted by Gasteiger charge is -2.15. The Kier molecular flexibility index (Phi) is 4.12. The summed E-state index contributed by atoms with van der Waals surface area (Å²) in [6.45, 7) is 2.26. The zero-order chi connectivity index (χ0) is 13.8. The van der Waals surface area contributed by atoms with Gasteiger partial charge in [0.1, 0.15) is 17.4 Å². The van der Waals surface area contributed by atoms with E-state index in [-0.39, 0.29) is 23.4 Å². The van der Waals surface area contributed by atoms with Gasteiger partial charge in [0.05, 0.1) is 0 Å². The first kappa shape index (κ1) is 13.5. The van der Waals surface area contributed by atoms with Gasteiger partial charge in [-0.2, -0.15) is 0 Å². The summed E-state index contributed by atoms with van der Waals surface area (Å²) in [5.41, 5.74) is 1.42. The van der Waals surface area contributed by atoms with Crippen molar-refractivity contribution in [1.82, 2.24) is 5.32 Å². The van der Waals surface area contributed by atoms with Gasteiger partial charge in [-0.1, -0.05) is 12.1 Å². The smallest absolute Gasteiger partial charge is 0.123 e. The van der Waals surface area contributed by atoms with Crippen molar-refractivity contribution in [3.05, 3.63) is 65.2 Å². The first-order valence-electron chi connectivity index (χ1n) is 6.02. The van der Waals surface area contributed by atoms with Crippen molar-refractivity contribution in [3.63, 3.8) is 0 Å². The summed E-state index contributed by atoms with van der Waals surface area (Å²) in [4.78, 5) is 0. The average molecular weight is 263 g/mol. The lowest BCUT2D eigenvalue weighted by atomic mass is 10.1. The molecule has 2 nitrogen and oxygen atoms in total. The highest BCUT2D eigenvalue weighted by molar-refractivity contribution is 5.32. The van der Waals surface area contributed by atoms with Crippen LogP contribution in [0.2, 0.25) is 0 Å². The molecule has 0 amide bonds. The normalized spacial score (nSPS) is 12.4. The van der Waals surface area contributed by atoms with E-state index in [0.717, 1.165) is 5.56 Å². The summed E-state index contributed by atoms with van der Waals surface area (Å²) in [5, 5.41) is 12.8. The Labute approximate surface area is 110 Å². The van der Waals surface area contributed by atoms with Gasteiger partial charge in [0.25, 0.3) is 0 Å². The molecule has 0 fully saturated rings. The van der Waals surface area contributed by atoms with E-state index >= 15 is 0 Å². The van der Waals surface area contributed by atoms with Crippen LogP contribution in [-0.4, -0.2) is 5.11 Å². The number of aromatic hydroxyl groups is 1. The second kappa shape index (κ2) is 5.80. The Balaban J connectivity index is 2.02. The standard InChI is InChI=1S/C15H15F2NO/c1-10(11-2-4-13(16)5-3-11)18-9-12-8-14(17)6-7-15(12)19/h2-8,10,18-19H,9H2,1H3/t10-/m0/s1. The molecule has 2 rings (SSSR count). The van der Waals surface area contributed by atoms with Crippen LogP contribution in [0.1, 0.15) is 24.1 Å². The molecule has 0 aliphatic rings. The molecule has 0 heterocycles. The van der Waals surface area contributed by atoms with E-state index in [4.69, 9.17) is 0 Å². The van der Waals surface area contributed by atoms with E-state index in [1.54, 1.807) is 12.1 Å². The van der Waals surface area contributed by atoms with Crippen LogP contribution >= 0.6 is 0 Å². The van der Waals surface area contributed by atoms with Gasteiger partial charge in [0, 0.05) is 18.2 Å². The van der Waals surface area contributed by atoms with Crippen LogP contribution in [0, 0.1) is 11.6 Å². The molecule has 0 spiro atoms. The van der Waals surface area contributed by atoms with E-state index in [9.17, 15) is 13.9 Å². The minimum atomic E-state index is -0.385. The van der Waals surface area contributed by atoms with Crippen molar-refractivity contribution in [1.29, 1.82) is 0 Å². The maximum absolute atomic E-state index is 13.1. The monoisotopic (exact) mass is 263 g/mol. The number of rotatable bonds is 4. The summed E-state index contributed by atoms with van der Waals surface area (Å²) >= 11 is 0. The third-order valence-corrected chi connectivity index (χ3v) is 3.01. The molecule has 100 valence electrons. The van der Waals surface area contributed by atoms with Crippen LogP contribution in [-0.2, 0) is 6.54 Å². The molecule has 2 N–H and O–H groups in total. The first-order valence-corrected chi connectivity index (χ1v) is 6.02. The topological polar surface area (TPSA) is 32.3 Å². The van der Waals surface area contributed by atoms with Gasteiger partial charge in [-0.15, -0.1) is 0 Å². The SMILES string of the molecule is C[C@H](NCc1cc(F)ccc1O)c1ccc(F)cc1. The lowest BCUT2D eigenvalue weighted by Crippen LogP contribution is -2.18. The van der Waals surface area contributed by atoms with Gasteiger partial charge >= 0.3 is 0 Å². The van der Waals surface area contributed by atoms with Crippen LogP contribution in [0.25, 0.3) is 0 Å². The Morgan fingerprint density at radius 1 is 1.05 bits per heavy atom. The minimum Gasteiger partial charge on any atom is -0.508 e. The van der Waals surface area contributed by atoms with Crippen LogP contribution in [0.15, 0.2) is 42.5 Å². The van der Waals surface area contributed by atoms with E-state index in [1.807, 2.05) is 6.92 Å². The zero-order valence-electron chi connectivity index (χ0n) is 10.5. The summed E-state index contributed by atoms with van der Waals surface area (Å²) in [5.74, 6) is -0.608. The van der Waals surface area contributed by atoms with Crippen molar-refractivity contribution in [2.24, 2.45) is 0 Å². The predicted octanol–water partition coefficient (Wildman–Crippen LogP) is 3.52. The molecule has 0 unspecified atom stereocenters.